The summed E-state index contributed by atoms with van der Waals surface area (Å²) in [4.78, 5) is 14.8. The Morgan fingerprint density at radius 3 is 2.61 bits per heavy atom. The summed E-state index contributed by atoms with van der Waals surface area (Å²) in [5.74, 6) is 1.51. The van der Waals surface area contributed by atoms with Crippen molar-refractivity contribution in [2.45, 2.75) is 33.6 Å². The third-order valence-electron chi connectivity index (χ3n) is 5.99. The zero-order valence-corrected chi connectivity index (χ0v) is 19.9. The molecule has 2 heterocycles. The number of piperidine rings is 1. The maximum absolute atomic E-state index is 12.9. The smallest absolute Gasteiger partial charge is 0.246 e. The lowest BCUT2D eigenvalue weighted by Gasteiger charge is -2.29. The van der Waals surface area contributed by atoms with Crippen LogP contribution in [0.2, 0.25) is 0 Å². The van der Waals surface area contributed by atoms with E-state index in [1.807, 2.05) is 36.9 Å². The van der Waals surface area contributed by atoms with E-state index in [1.165, 1.54) is 0 Å². The van der Waals surface area contributed by atoms with E-state index in [4.69, 9.17) is 9.15 Å². The fourth-order valence-electron chi connectivity index (χ4n) is 4.07. The van der Waals surface area contributed by atoms with E-state index in [0.717, 1.165) is 69.4 Å². The van der Waals surface area contributed by atoms with Crippen molar-refractivity contribution < 1.29 is 13.9 Å². The Morgan fingerprint density at radius 1 is 1.23 bits per heavy atom. The highest BCUT2D eigenvalue weighted by atomic mass is 79.9. The number of hydrogen-bond donors (Lipinski definition) is 0. The molecule has 4 nitrogen and oxygen atoms in total. The fraction of sp³-hybridized carbons (Fsp3) is 0.346. The molecule has 1 saturated heterocycles. The van der Waals surface area contributed by atoms with Gasteiger partial charge in [-0.1, -0.05) is 35.0 Å². The molecule has 0 radical (unpaired) electrons. The van der Waals surface area contributed by atoms with Crippen LogP contribution in [0.15, 0.2) is 57.6 Å². The van der Waals surface area contributed by atoms with Crippen LogP contribution in [0, 0.1) is 5.92 Å². The summed E-state index contributed by atoms with van der Waals surface area (Å²) in [6.45, 7) is 8.40. The topological polar surface area (TPSA) is 42.7 Å². The molecule has 0 bridgehead atoms. The predicted octanol–water partition coefficient (Wildman–Crippen LogP) is 6.92. The summed E-state index contributed by atoms with van der Waals surface area (Å²) in [5, 5.41) is 1.01. The SMILES string of the molecule is CCOc1cc2occ(-c3ccc(Br)cc3)c2cc1/C(C)=C/C(=O)N1CCC(C)CC1. The standard InChI is InChI=1S/C26H28BrNO3/c1-4-30-24-15-25-22(23(16-31-25)19-5-7-20(27)8-6-19)14-21(24)18(3)13-26(29)28-11-9-17(2)10-12-28/h5-8,13-17H,4,9-12H2,1-3H3/b18-13+. The van der Waals surface area contributed by atoms with Crippen LogP contribution in [0.1, 0.15) is 39.2 Å². The van der Waals surface area contributed by atoms with Crippen LogP contribution in [0.4, 0.5) is 0 Å². The quantitative estimate of drug-likeness (QED) is 0.371. The fourth-order valence-corrected chi connectivity index (χ4v) is 4.34. The van der Waals surface area contributed by atoms with Crippen molar-refractivity contribution in [1.29, 1.82) is 0 Å². The summed E-state index contributed by atoms with van der Waals surface area (Å²) < 4.78 is 12.8. The second-order valence-corrected chi connectivity index (χ2v) is 9.18. The van der Waals surface area contributed by atoms with Gasteiger partial charge in [0, 0.05) is 46.2 Å². The van der Waals surface area contributed by atoms with Crippen molar-refractivity contribution >= 4 is 38.4 Å². The third-order valence-corrected chi connectivity index (χ3v) is 6.52. The molecular weight excluding hydrogens is 454 g/mol. The Morgan fingerprint density at radius 2 is 1.94 bits per heavy atom. The maximum Gasteiger partial charge on any atom is 0.246 e. The van der Waals surface area contributed by atoms with Gasteiger partial charge in [0.05, 0.1) is 12.9 Å². The maximum atomic E-state index is 12.9. The van der Waals surface area contributed by atoms with Crippen LogP contribution in [-0.2, 0) is 4.79 Å². The van der Waals surface area contributed by atoms with Crippen LogP contribution >= 0.6 is 15.9 Å². The number of carbonyl (C=O) groups is 1. The van der Waals surface area contributed by atoms with Gasteiger partial charge in [-0.3, -0.25) is 4.79 Å². The van der Waals surface area contributed by atoms with Gasteiger partial charge in [-0.05, 0) is 61.9 Å². The zero-order chi connectivity index (χ0) is 22.0. The van der Waals surface area contributed by atoms with Crippen LogP contribution in [0.3, 0.4) is 0 Å². The first-order valence-corrected chi connectivity index (χ1v) is 11.7. The summed E-state index contributed by atoms with van der Waals surface area (Å²) >= 11 is 3.49. The molecule has 31 heavy (non-hydrogen) atoms. The van der Waals surface area contributed by atoms with Crippen LogP contribution in [-0.4, -0.2) is 30.5 Å². The van der Waals surface area contributed by atoms with Crippen molar-refractivity contribution in [2.75, 3.05) is 19.7 Å². The summed E-state index contributed by atoms with van der Waals surface area (Å²) in [7, 11) is 0. The molecule has 1 aliphatic heterocycles. The van der Waals surface area contributed by atoms with Crippen molar-refractivity contribution in [3.63, 3.8) is 0 Å². The molecule has 0 atom stereocenters. The number of ether oxygens (including phenoxy) is 1. The molecule has 0 saturated carbocycles. The molecule has 162 valence electrons. The van der Waals surface area contributed by atoms with E-state index in [2.05, 4.69) is 41.1 Å². The number of carbonyl (C=O) groups excluding carboxylic acids is 1. The Kier molecular flexibility index (Phi) is 6.51. The van der Waals surface area contributed by atoms with Gasteiger partial charge in [-0.15, -0.1) is 0 Å². The monoisotopic (exact) mass is 481 g/mol. The van der Waals surface area contributed by atoms with Crippen molar-refractivity contribution in [3.8, 4) is 16.9 Å². The summed E-state index contributed by atoms with van der Waals surface area (Å²) in [5.41, 5.74) is 4.70. The van der Waals surface area contributed by atoms with Gasteiger partial charge in [0.2, 0.25) is 5.91 Å². The molecule has 1 aliphatic rings. The third kappa shape index (κ3) is 4.72. The lowest BCUT2D eigenvalue weighted by molar-refractivity contribution is -0.127. The van der Waals surface area contributed by atoms with E-state index in [-0.39, 0.29) is 5.91 Å². The Balaban J connectivity index is 1.72. The summed E-state index contributed by atoms with van der Waals surface area (Å²) in [6, 6.07) is 12.2. The Hall–Kier alpha value is -2.53. The minimum Gasteiger partial charge on any atom is -0.493 e. The number of likely N-dealkylation sites (tertiary alicyclic amines) is 1. The lowest BCUT2D eigenvalue weighted by Crippen LogP contribution is -2.36. The van der Waals surface area contributed by atoms with Crippen LogP contribution < -0.4 is 4.74 Å². The van der Waals surface area contributed by atoms with Crippen LogP contribution in [0.25, 0.3) is 27.7 Å². The normalized spacial score (nSPS) is 15.5. The number of rotatable bonds is 5. The van der Waals surface area contributed by atoms with Gasteiger partial charge in [0.1, 0.15) is 11.3 Å². The van der Waals surface area contributed by atoms with E-state index in [1.54, 1.807) is 12.3 Å². The van der Waals surface area contributed by atoms with Gasteiger partial charge < -0.3 is 14.1 Å². The molecule has 5 heteroatoms. The zero-order valence-electron chi connectivity index (χ0n) is 18.3. The number of halogens is 1. The second-order valence-electron chi connectivity index (χ2n) is 8.27. The molecule has 3 aromatic rings. The minimum atomic E-state index is 0.0762. The molecule has 1 amide bonds. The summed E-state index contributed by atoms with van der Waals surface area (Å²) in [6.07, 6.45) is 5.67. The Labute approximate surface area is 192 Å². The number of fused-ring (bicyclic) bond motifs is 1. The first-order chi connectivity index (χ1) is 15.0. The van der Waals surface area contributed by atoms with Crippen molar-refractivity contribution in [3.05, 3.63) is 58.8 Å². The van der Waals surface area contributed by atoms with Gasteiger partial charge in [-0.2, -0.15) is 0 Å². The van der Waals surface area contributed by atoms with E-state index >= 15 is 0 Å². The molecule has 1 fully saturated rings. The van der Waals surface area contributed by atoms with Gasteiger partial charge in [-0.25, -0.2) is 0 Å². The first kappa shape index (κ1) is 21.7. The van der Waals surface area contributed by atoms with Crippen molar-refractivity contribution in [1.82, 2.24) is 4.90 Å². The van der Waals surface area contributed by atoms with Crippen LogP contribution in [0.5, 0.6) is 5.75 Å². The van der Waals surface area contributed by atoms with E-state index in [0.29, 0.717) is 12.5 Å². The average Bonchev–Trinajstić information content (AvgIpc) is 3.17. The molecule has 0 unspecified atom stereocenters. The number of amides is 1. The molecule has 2 aromatic carbocycles. The molecule has 0 aliphatic carbocycles. The van der Waals surface area contributed by atoms with Crippen molar-refractivity contribution in [2.24, 2.45) is 5.92 Å². The number of allylic oxidation sites excluding steroid dienone is 1. The first-order valence-electron chi connectivity index (χ1n) is 10.9. The number of furan rings is 1. The average molecular weight is 482 g/mol. The van der Waals surface area contributed by atoms with E-state index in [9.17, 15) is 4.79 Å². The van der Waals surface area contributed by atoms with Gasteiger partial charge in [0.25, 0.3) is 0 Å². The predicted molar refractivity (Wildman–Crippen MR) is 129 cm³/mol. The second kappa shape index (κ2) is 9.31. The minimum absolute atomic E-state index is 0.0762. The molecule has 0 spiro atoms. The molecule has 0 N–H and O–H groups in total. The van der Waals surface area contributed by atoms with E-state index < -0.39 is 0 Å². The van der Waals surface area contributed by atoms with Gasteiger partial charge in [0.15, 0.2) is 0 Å². The lowest BCUT2D eigenvalue weighted by atomic mass is 9.98. The highest BCUT2D eigenvalue weighted by Gasteiger charge is 2.20. The molecule has 4 rings (SSSR count). The molecule has 1 aromatic heterocycles. The van der Waals surface area contributed by atoms with Gasteiger partial charge >= 0.3 is 0 Å². The number of nitrogens with zero attached hydrogens (tertiary/aromatic N) is 1. The molecular formula is C26H28BrNO3. The highest BCUT2D eigenvalue weighted by molar-refractivity contribution is 9.10. The highest BCUT2D eigenvalue weighted by Crippen LogP contribution is 2.38. The number of benzene rings is 2. The Bertz CT molecular complexity index is 1110. The largest absolute Gasteiger partial charge is 0.493 e. The number of hydrogen-bond acceptors (Lipinski definition) is 3.